The molecule has 1 aromatic rings. The molecule has 1 atom stereocenters. The van der Waals surface area contributed by atoms with Crippen molar-refractivity contribution in [1.29, 1.82) is 0 Å². The van der Waals surface area contributed by atoms with Crippen molar-refractivity contribution in [1.82, 2.24) is 5.32 Å². The van der Waals surface area contributed by atoms with E-state index in [-0.39, 0.29) is 11.6 Å². The maximum Gasteiger partial charge on any atom is 0.0931 e. The molecule has 18 heavy (non-hydrogen) atoms. The lowest BCUT2D eigenvalue weighted by molar-refractivity contribution is -0.0615. The molecule has 0 spiro atoms. The van der Waals surface area contributed by atoms with E-state index in [1.54, 1.807) is 11.3 Å². The first kappa shape index (κ1) is 14.3. The van der Waals surface area contributed by atoms with Gasteiger partial charge >= 0.3 is 0 Å². The summed E-state index contributed by atoms with van der Waals surface area (Å²) in [4.78, 5) is 1.30. The largest absolute Gasteiger partial charge is 0.373 e. The topological polar surface area (TPSA) is 21.3 Å². The Hall–Kier alpha value is -0.0900. The van der Waals surface area contributed by atoms with Crippen molar-refractivity contribution in [3.8, 4) is 0 Å². The highest BCUT2D eigenvalue weighted by Gasteiger charge is 2.43. The average molecular weight is 288 g/mol. The molecular formula is C14H22ClNOS. The summed E-state index contributed by atoms with van der Waals surface area (Å²) >= 11 is 7.75. The van der Waals surface area contributed by atoms with Crippen LogP contribution in [-0.4, -0.2) is 18.8 Å². The van der Waals surface area contributed by atoms with Gasteiger partial charge in [0.25, 0.3) is 0 Å². The molecule has 1 fully saturated rings. The molecule has 1 aliphatic rings. The van der Waals surface area contributed by atoms with Crippen LogP contribution in [-0.2, 0) is 4.74 Å². The van der Waals surface area contributed by atoms with Crippen LogP contribution in [0.1, 0.15) is 50.4 Å². The van der Waals surface area contributed by atoms with Crippen LogP contribution in [0.15, 0.2) is 12.1 Å². The maximum absolute atomic E-state index is 6.17. The van der Waals surface area contributed by atoms with Gasteiger partial charge < -0.3 is 10.1 Å². The van der Waals surface area contributed by atoms with Crippen LogP contribution >= 0.6 is 22.9 Å². The summed E-state index contributed by atoms with van der Waals surface area (Å²) in [5.74, 6) is 0. The molecule has 0 radical (unpaired) electrons. The SMILES string of the molecule is CCNC(c1ccc(Cl)s1)C1(OCC)CCCC1. The van der Waals surface area contributed by atoms with Gasteiger partial charge in [0.2, 0.25) is 0 Å². The van der Waals surface area contributed by atoms with Crippen LogP contribution in [0.5, 0.6) is 0 Å². The molecule has 102 valence electrons. The van der Waals surface area contributed by atoms with Crippen molar-refractivity contribution in [3.63, 3.8) is 0 Å². The summed E-state index contributed by atoms with van der Waals surface area (Å²) in [5, 5.41) is 3.61. The number of rotatable bonds is 6. The Morgan fingerprint density at radius 3 is 2.61 bits per heavy atom. The normalized spacial score (nSPS) is 20.2. The molecule has 2 rings (SSSR count). The number of halogens is 1. The first-order valence-electron chi connectivity index (χ1n) is 6.84. The summed E-state index contributed by atoms with van der Waals surface area (Å²) in [6.07, 6.45) is 4.82. The van der Waals surface area contributed by atoms with E-state index in [1.807, 2.05) is 6.07 Å². The van der Waals surface area contributed by atoms with Crippen LogP contribution in [0.25, 0.3) is 0 Å². The minimum atomic E-state index is -0.0288. The third-order valence-corrected chi connectivity index (χ3v) is 4.99. The number of hydrogen-bond donors (Lipinski definition) is 1. The van der Waals surface area contributed by atoms with E-state index in [0.717, 1.165) is 30.3 Å². The monoisotopic (exact) mass is 287 g/mol. The fraction of sp³-hybridized carbons (Fsp3) is 0.714. The Bertz CT molecular complexity index is 374. The predicted molar refractivity (Wildman–Crippen MR) is 78.6 cm³/mol. The van der Waals surface area contributed by atoms with E-state index in [9.17, 15) is 0 Å². The molecule has 1 unspecified atom stereocenters. The Morgan fingerprint density at radius 2 is 2.11 bits per heavy atom. The molecule has 0 aliphatic heterocycles. The van der Waals surface area contributed by atoms with Crippen LogP contribution in [0.3, 0.4) is 0 Å². The van der Waals surface area contributed by atoms with Gasteiger partial charge in [0, 0.05) is 11.5 Å². The van der Waals surface area contributed by atoms with Crippen molar-refractivity contribution in [2.24, 2.45) is 0 Å². The lowest BCUT2D eigenvalue weighted by Gasteiger charge is -2.37. The highest BCUT2D eigenvalue weighted by atomic mass is 35.5. The van der Waals surface area contributed by atoms with Crippen molar-refractivity contribution >= 4 is 22.9 Å². The molecule has 0 saturated heterocycles. The first-order chi connectivity index (χ1) is 8.72. The van der Waals surface area contributed by atoms with Gasteiger partial charge in [-0.1, -0.05) is 31.4 Å². The molecule has 1 heterocycles. The van der Waals surface area contributed by atoms with E-state index in [0.29, 0.717) is 0 Å². The quantitative estimate of drug-likeness (QED) is 0.837. The van der Waals surface area contributed by atoms with Crippen molar-refractivity contribution in [3.05, 3.63) is 21.3 Å². The van der Waals surface area contributed by atoms with E-state index < -0.39 is 0 Å². The number of nitrogens with one attached hydrogen (secondary N) is 1. The van der Waals surface area contributed by atoms with Crippen molar-refractivity contribution < 1.29 is 4.74 Å². The van der Waals surface area contributed by atoms with E-state index in [2.05, 4.69) is 25.2 Å². The summed E-state index contributed by atoms with van der Waals surface area (Å²) in [7, 11) is 0. The van der Waals surface area contributed by atoms with Crippen LogP contribution < -0.4 is 5.32 Å². The van der Waals surface area contributed by atoms with Gasteiger partial charge in [0.1, 0.15) is 0 Å². The van der Waals surface area contributed by atoms with Crippen LogP contribution in [0, 0.1) is 0 Å². The van der Waals surface area contributed by atoms with Gasteiger partial charge in [-0.05, 0) is 38.4 Å². The minimum absolute atomic E-state index is 0.0288. The zero-order valence-electron chi connectivity index (χ0n) is 11.2. The molecular weight excluding hydrogens is 266 g/mol. The predicted octanol–water partition coefficient (Wildman–Crippen LogP) is 4.40. The Balaban J connectivity index is 2.26. The smallest absolute Gasteiger partial charge is 0.0931 e. The van der Waals surface area contributed by atoms with E-state index >= 15 is 0 Å². The zero-order chi connectivity index (χ0) is 13.0. The standard InChI is InChI=1S/C14H22ClNOS/c1-3-16-13(11-7-8-12(15)18-11)14(17-4-2)9-5-6-10-14/h7-8,13,16H,3-6,9-10H2,1-2H3. The number of ether oxygens (including phenoxy) is 1. The summed E-state index contributed by atoms with van der Waals surface area (Å²) in [6.45, 7) is 5.97. The fourth-order valence-corrected chi connectivity index (χ4v) is 4.25. The third-order valence-electron chi connectivity index (χ3n) is 3.69. The van der Waals surface area contributed by atoms with Crippen molar-refractivity contribution in [2.45, 2.75) is 51.2 Å². The highest BCUT2D eigenvalue weighted by molar-refractivity contribution is 7.16. The first-order valence-corrected chi connectivity index (χ1v) is 8.04. The molecule has 2 nitrogen and oxygen atoms in total. The highest BCUT2D eigenvalue weighted by Crippen LogP contribution is 2.45. The average Bonchev–Trinajstić information content (AvgIpc) is 2.97. The van der Waals surface area contributed by atoms with Gasteiger partial charge in [-0.3, -0.25) is 0 Å². The molecule has 0 aromatic carbocycles. The molecule has 1 saturated carbocycles. The van der Waals surface area contributed by atoms with Crippen LogP contribution in [0.4, 0.5) is 0 Å². The molecule has 1 aromatic heterocycles. The van der Waals surface area contributed by atoms with Gasteiger partial charge in [-0.15, -0.1) is 11.3 Å². The lowest BCUT2D eigenvalue weighted by atomic mass is 9.90. The Labute approximate surface area is 119 Å². The van der Waals surface area contributed by atoms with Gasteiger partial charge in [-0.2, -0.15) is 0 Å². The molecule has 1 aliphatic carbocycles. The Morgan fingerprint density at radius 1 is 1.39 bits per heavy atom. The fourth-order valence-electron chi connectivity index (χ4n) is 3.01. The number of hydrogen-bond acceptors (Lipinski definition) is 3. The van der Waals surface area contributed by atoms with Crippen molar-refractivity contribution in [2.75, 3.05) is 13.2 Å². The maximum atomic E-state index is 6.17. The number of thiophene rings is 1. The van der Waals surface area contributed by atoms with Crippen LogP contribution in [0.2, 0.25) is 4.34 Å². The second kappa shape index (κ2) is 6.38. The lowest BCUT2D eigenvalue weighted by Crippen LogP contribution is -2.44. The summed E-state index contributed by atoms with van der Waals surface area (Å²) in [5.41, 5.74) is -0.0288. The number of likely N-dealkylation sites (N-methyl/N-ethyl adjacent to an activating group) is 1. The molecule has 0 bridgehead atoms. The zero-order valence-corrected chi connectivity index (χ0v) is 12.7. The minimum Gasteiger partial charge on any atom is -0.373 e. The van der Waals surface area contributed by atoms with Gasteiger partial charge in [-0.25, -0.2) is 0 Å². The molecule has 1 N–H and O–H groups in total. The summed E-state index contributed by atoms with van der Waals surface area (Å²) < 4.78 is 7.03. The van der Waals surface area contributed by atoms with E-state index in [4.69, 9.17) is 16.3 Å². The molecule has 4 heteroatoms. The summed E-state index contributed by atoms with van der Waals surface area (Å²) in [6, 6.07) is 4.40. The second-order valence-electron chi connectivity index (χ2n) is 4.84. The second-order valence-corrected chi connectivity index (χ2v) is 6.58. The Kier molecular flexibility index (Phi) is 5.07. The van der Waals surface area contributed by atoms with E-state index in [1.165, 1.54) is 17.7 Å². The van der Waals surface area contributed by atoms with Gasteiger partial charge in [0.15, 0.2) is 0 Å². The third kappa shape index (κ3) is 2.90. The van der Waals surface area contributed by atoms with Gasteiger partial charge in [0.05, 0.1) is 16.0 Å². The molecule has 0 amide bonds.